The van der Waals surface area contributed by atoms with Gasteiger partial charge < -0.3 is 15.4 Å². The van der Waals surface area contributed by atoms with E-state index in [2.05, 4.69) is 60.7 Å². The minimum atomic E-state index is 0. The molecule has 1 aromatic carbocycles. The van der Waals surface area contributed by atoms with E-state index in [4.69, 9.17) is 4.74 Å². The Balaban J connectivity index is 0.00000312. The summed E-state index contributed by atoms with van der Waals surface area (Å²) in [4.78, 5) is 7.07. The lowest BCUT2D eigenvalue weighted by atomic mass is 10.1. The van der Waals surface area contributed by atoms with Gasteiger partial charge in [0.2, 0.25) is 0 Å². The normalized spacial score (nSPS) is 12.3. The van der Waals surface area contributed by atoms with Gasteiger partial charge in [0.15, 0.2) is 5.96 Å². The number of hydrogen-bond donors (Lipinski definition) is 2. The maximum atomic E-state index is 5.30. The molecule has 1 unspecified atom stereocenters. The van der Waals surface area contributed by atoms with Crippen LogP contribution in [-0.2, 0) is 13.0 Å². The first-order valence-electron chi connectivity index (χ1n) is 8.18. The number of hydrogen-bond acceptors (Lipinski definition) is 3. The molecule has 2 rings (SSSR count). The molecule has 4 nitrogen and oxygen atoms in total. The van der Waals surface area contributed by atoms with Crippen LogP contribution in [0.25, 0.3) is 0 Å². The largest absolute Gasteiger partial charge is 0.496 e. The molecule has 2 N–H and O–H groups in total. The molecule has 1 heterocycles. The molecule has 2 aromatic rings. The summed E-state index contributed by atoms with van der Waals surface area (Å²) in [5.74, 6) is 1.74. The summed E-state index contributed by atoms with van der Waals surface area (Å²) >= 11 is 1.85. The van der Waals surface area contributed by atoms with Gasteiger partial charge >= 0.3 is 0 Å². The van der Waals surface area contributed by atoms with Crippen LogP contribution in [-0.4, -0.2) is 26.2 Å². The number of nitrogens with zero attached hydrogens (tertiary/aromatic N) is 1. The van der Waals surface area contributed by atoms with E-state index in [-0.39, 0.29) is 24.0 Å². The van der Waals surface area contributed by atoms with E-state index < -0.39 is 0 Å². The average Bonchev–Trinajstić information content (AvgIpc) is 2.96. The van der Waals surface area contributed by atoms with Crippen LogP contribution in [0.1, 0.15) is 27.8 Å². The number of benzene rings is 1. The minimum Gasteiger partial charge on any atom is -0.496 e. The van der Waals surface area contributed by atoms with Gasteiger partial charge in [0, 0.05) is 35.8 Å². The fourth-order valence-corrected chi connectivity index (χ4v) is 3.63. The Morgan fingerprint density at radius 2 is 2.00 bits per heavy atom. The number of thiophene rings is 1. The zero-order chi connectivity index (χ0) is 17.5. The first kappa shape index (κ1) is 21.8. The Kier molecular flexibility index (Phi) is 9.27. The summed E-state index contributed by atoms with van der Waals surface area (Å²) in [7, 11) is 3.50. The monoisotopic (exact) mass is 473 g/mol. The summed E-state index contributed by atoms with van der Waals surface area (Å²) in [6.45, 7) is 7.11. The van der Waals surface area contributed by atoms with Gasteiger partial charge in [0.25, 0.3) is 0 Å². The van der Waals surface area contributed by atoms with E-state index in [1.165, 1.54) is 15.3 Å². The second kappa shape index (κ2) is 10.7. The summed E-state index contributed by atoms with van der Waals surface area (Å²) in [5.41, 5.74) is 2.35. The molecular formula is C19H28IN3OS. The number of guanidine groups is 1. The van der Waals surface area contributed by atoms with Crippen LogP contribution in [0, 0.1) is 13.8 Å². The molecule has 0 aliphatic carbocycles. The summed E-state index contributed by atoms with van der Waals surface area (Å²) in [6, 6.07) is 10.9. The highest BCUT2D eigenvalue weighted by atomic mass is 127. The molecule has 1 atom stereocenters. The van der Waals surface area contributed by atoms with Crippen LogP contribution in [0.15, 0.2) is 35.3 Å². The van der Waals surface area contributed by atoms with Crippen LogP contribution >= 0.6 is 35.3 Å². The fourth-order valence-electron chi connectivity index (χ4n) is 2.61. The third-order valence-corrected chi connectivity index (χ3v) is 4.85. The zero-order valence-corrected chi connectivity index (χ0v) is 18.7. The first-order chi connectivity index (χ1) is 11.5. The number of rotatable bonds is 6. The number of aryl methyl sites for hydroxylation is 2. The lowest BCUT2D eigenvalue weighted by Gasteiger charge is -2.18. The predicted octanol–water partition coefficient (Wildman–Crippen LogP) is 4.29. The van der Waals surface area contributed by atoms with Crippen LogP contribution in [0.3, 0.4) is 0 Å². The van der Waals surface area contributed by atoms with Gasteiger partial charge in [-0.25, -0.2) is 0 Å². The molecule has 6 heteroatoms. The molecule has 1 aromatic heterocycles. The van der Waals surface area contributed by atoms with Gasteiger partial charge in [-0.15, -0.1) is 35.3 Å². The Bertz CT molecular complexity index is 700. The van der Waals surface area contributed by atoms with Crippen molar-refractivity contribution in [2.45, 2.75) is 39.8 Å². The number of methoxy groups -OCH3 is 1. The zero-order valence-electron chi connectivity index (χ0n) is 15.6. The minimum absolute atomic E-state index is 0. The molecule has 0 saturated heterocycles. The highest BCUT2D eigenvalue weighted by Gasteiger charge is 2.08. The van der Waals surface area contributed by atoms with Crippen molar-refractivity contribution in [1.29, 1.82) is 0 Å². The maximum absolute atomic E-state index is 5.30. The summed E-state index contributed by atoms with van der Waals surface area (Å²) < 4.78 is 5.30. The number of nitrogens with one attached hydrogen (secondary N) is 2. The molecule has 0 fully saturated rings. The van der Waals surface area contributed by atoms with Gasteiger partial charge in [0.1, 0.15) is 5.75 Å². The first-order valence-corrected chi connectivity index (χ1v) is 8.99. The highest BCUT2D eigenvalue weighted by Crippen LogP contribution is 2.18. The van der Waals surface area contributed by atoms with Crippen molar-refractivity contribution in [2.75, 3.05) is 14.2 Å². The smallest absolute Gasteiger partial charge is 0.191 e. The van der Waals surface area contributed by atoms with Crippen LogP contribution in [0.4, 0.5) is 0 Å². The average molecular weight is 473 g/mol. The third-order valence-electron chi connectivity index (χ3n) is 3.83. The fraction of sp³-hybridized carbons (Fsp3) is 0.421. The lowest BCUT2D eigenvalue weighted by Crippen LogP contribution is -2.42. The Hall–Kier alpha value is -1.28. The van der Waals surface area contributed by atoms with Gasteiger partial charge in [-0.2, -0.15) is 0 Å². The molecule has 0 bridgehead atoms. The Morgan fingerprint density at radius 1 is 1.24 bits per heavy atom. The SMILES string of the molecule is CN=C(NCc1ccc(OC)c(C)c1)NC(C)Cc1ccc(C)s1.I. The molecule has 0 saturated carbocycles. The van der Waals surface area contributed by atoms with Crippen molar-refractivity contribution in [1.82, 2.24) is 10.6 Å². The molecule has 0 radical (unpaired) electrons. The van der Waals surface area contributed by atoms with Gasteiger partial charge in [0.05, 0.1) is 7.11 Å². The van der Waals surface area contributed by atoms with E-state index in [0.29, 0.717) is 6.04 Å². The molecule has 25 heavy (non-hydrogen) atoms. The van der Waals surface area contributed by atoms with Gasteiger partial charge in [-0.05, 0) is 50.1 Å². The van der Waals surface area contributed by atoms with Crippen LogP contribution in [0.5, 0.6) is 5.75 Å². The molecule has 0 spiro atoms. The van der Waals surface area contributed by atoms with Crippen molar-refractivity contribution >= 4 is 41.3 Å². The lowest BCUT2D eigenvalue weighted by molar-refractivity contribution is 0.411. The molecule has 0 aliphatic heterocycles. The van der Waals surface area contributed by atoms with Crippen molar-refractivity contribution in [2.24, 2.45) is 4.99 Å². The Morgan fingerprint density at radius 3 is 2.56 bits per heavy atom. The second-order valence-corrected chi connectivity index (χ2v) is 7.36. The van der Waals surface area contributed by atoms with Crippen LogP contribution < -0.4 is 15.4 Å². The summed E-state index contributed by atoms with van der Waals surface area (Å²) in [5, 5.41) is 6.83. The molecule has 0 amide bonds. The number of aliphatic imine (C=N–C) groups is 1. The standard InChI is InChI=1S/C19H27N3OS.HI/c1-13-10-16(7-9-18(13)23-5)12-21-19(20-4)22-14(2)11-17-8-6-15(3)24-17;/h6-10,14H,11-12H2,1-5H3,(H2,20,21,22);1H. The van der Waals surface area contributed by atoms with Crippen molar-refractivity contribution in [3.8, 4) is 5.75 Å². The second-order valence-electron chi connectivity index (χ2n) is 5.99. The molecular weight excluding hydrogens is 445 g/mol. The number of ether oxygens (including phenoxy) is 1. The van der Waals surface area contributed by atoms with Gasteiger partial charge in [-0.3, -0.25) is 4.99 Å². The van der Waals surface area contributed by atoms with Crippen LogP contribution in [0.2, 0.25) is 0 Å². The quantitative estimate of drug-likeness (QED) is 0.374. The van der Waals surface area contributed by atoms with E-state index in [0.717, 1.165) is 30.2 Å². The van der Waals surface area contributed by atoms with E-state index in [9.17, 15) is 0 Å². The van der Waals surface area contributed by atoms with Gasteiger partial charge in [-0.1, -0.05) is 12.1 Å². The van der Waals surface area contributed by atoms with E-state index in [1.807, 2.05) is 17.4 Å². The maximum Gasteiger partial charge on any atom is 0.191 e. The van der Waals surface area contributed by atoms with Crippen molar-refractivity contribution in [3.05, 3.63) is 51.2 Å². The predicted molar refractivity (Wildman–Crippen MR) is 119 cm³/mol. The Labute approximate surface area is 172 Å². The van der Waals surface area contributed by atoms with Crippen molar-refractivity contribution in [3.63, 3.8) is 0 Å². The summed E-state index contributed by atoms with van der Waals surface area (Å²) in [6.07, 6.45) is 1.00. The highest BCUT2D eigenvalue weighted by molar-refractivity contribution is 14.0. The molecule has 138 valence electrons. The third kappa shape index (κ3) is 6.86. The van der Waals surface area contributed by atoms with E-state index >= 15 is 0 Å². The molecule has 0 aliphatic rings. The van der Waals surface area contributed by atoms with Crippen molar-refractivity contribution < 1.29 is 4.74 Å². The topological polar surface area (TPSA) is 45.7 Å². The van der Waals surface area contributed by atoms with E-state index in [1.54, 1.807) is 14.2 Å². The number of halogens is 1.